The van der Waals surface area contributed by atoms with Crippen molar-refractivity contribution in [1.29, 1.82) is 0 Å². The number of ether oxygens (including phenoxy) is 1. The second kappa shape index (κ2) is 18.1. The van der Waals surface area contributed by atoms with Gasteiger partial charge in [0.05, 0.1) is 11.9 Å². The lowest BCUT2D eigenvalue weighted by molar-refractivity contribution is -0.274. The quantitative estimate of drug-likeness (QED) is 0.252. The van der Waals surface area contributed by atoms with Crippen molar-refractivity contribution in [2.75, 3.05) is 12.4 Å². The maximum absolute atomic E-state index is 12.1. The number of alkyl halides is 3. The van der Waals surface area contributed by atoms with E-state index < -0.39 is 6.36 Å². The third-order valence-corrected chi connectivity index (χ3v) is 6.22. The highest BCUT2D eigenvalue weighted by molar-refractivity contribution is 5.82. The topological polar surface area (TPSA) is 51.2 Å². The molecule has 220 valence electrons. The minimum atomic E-state index is -4.70. The Morgan fingerprint density at radius 3 is 2.10 bits per heavy atom. The summed E-state index contributed by atoms with van der Waals surface area (Å²) in [6.45, 7) is 12.9. The number of benzene rings is 2. The van der Waals surface area contributed by atoms with E-state index in [9.17, 15) is 18.0 Å². The zero-order valence-electron chi connectivity index (χ0n) is 24.9. The van der Waals surface area contributed by atoms with Crippen LogP contribution in [-0.2, 0) is 0 Å². The van der Waals surface area contributed by atoms with Gasteiger partial charge < -0.3 is 10.1 Å². The van der Waals surface area contributed by atoms with Crippen LogP contribution >= 0.6 is 0 Å². The normalized spacial score (nSPS) is 11.5. The fourth-order valence-corrected chi connectivity index (χ4v) is 4.06. The summed E-state index contributed by atoms with van der Waals surface area (Å²) >= 11 is 0. The first-order chi connectivity index (χ1) is 19.0. The van der Waals surface area contributed by atoms with Gasteiger partial charge in [0, 0.05) is 24.2 Å². The van der Waals surface area contributed by atoms with Gasteiger partial charge in [-0.25, -0.2) is 0 Å². The molecule has 1 N–H and O–H groups in total. The molecule has 1 heterocycles. The average Bonchev–Trinajstić information content (AvgIpc) is 2.92. The van der Waals surface area contributed by atoms with E-state index in [-0.39, 0.29) is 5.75 Å². The van der Waals surface area contributed by atoms with Gasteiger partial charge in [-0.05, 0) is 66.6 Å². The van der Waals surface area contributed by atoms with Crippen LogP contribution in [0.5, 0.6) is 5.75 Å². The maximum atomic E-state index is 12.1. The Morgan fingerprint density at radius 2 is 1.62 bits per heavy atom. The van der Waals surface area contributed by atoms with E-state index in [4.69, 9.17) is 0 Å². The number of nitrogens with one attached hydrogen (secondary N) is 1. The standard InChI is InChI=1S/C15H11F3O2.C15H26N2.C3H8/c1-10-12(9-19)3-2-4-14(10)11-5-7-13(8-6-11)20-15(16,17)18;1-5-13(8-6-7-12(2)3)15-10-9-14(16-4)11-17-15;1-3-2/h2-9H,1H3;9-13,16H,5-8H2,1-4H3;3H2,1-2H3. The van der Waals surface area contributed by atoms with E-state index in [0.29, 0.717) is 11.5 Å². The van der Waals surface area contributed by atoms with Crippen LogP contribution in [-0.4, -0.2) is 24.7 Å². The Labute approximate surface area is 238 Å². The van der Waals surface area contributed by atoms with E-state index in [2.05, 4.69) is 61.8 Å². The first kappa shape index (κ1) is 34.7. The predicted molar refractivity (Wildman–Crippen MR) is 160 cm³/mol. The number of nitrogens with zero attached hydrogens (tertiary/aromatic N) is 1. The molecule has 0 aliphatic carbocycles. The lowest BCUT2D eigenvalue weighted by atomic mass is 9.93. The first-order valence-corrected chi connectivity index (χ1v) is 14.0. The van der Waals surface area contributed by atoms with Crippen molar-refractivity contribution < 1.29 is 22.7 Å². The molecule has 1 atom stereocenters. The molecule has 0 aliphatic rings. The van der Waals surface area contributed by atoms with Crippen LogP contribution in [0.25, 0.3) is 11.1 Å². The van der Waals surface area contributed by atoms with Crippen molar-refractivity contribution in [2.45, 2.75) is 85.9 Å². The molecule has 1 aromatic heterocycles. The Hall–Kier alpha value is -3.35. The lowest BCUT2D eigenvalue weighted by Crippen LogP contribution is -2.16. The number of pyridine rings is 1. The molecule has 2 aromatic carbocycles. The summed E-state index contributed by atoms with van der Waals surface area (Å²) in [7, 11) is 1.93. The van der Waals surface area contributed by atoms with Gasteiger partial charge in [-0.15, -0.1) is 13.2 Å². The molecule has 0 radical (unpaired) electrons. The van der Waals surface area contributed by atoms with Gasteiger partial charge in [0.15, 0.2) is 0 Å². The van der Waals surface area contributed by atoms with Crippen molar-refractivity contribution in [3.05, 3.63) is 77.6 Å². The number of anilines is 1. The highest BCUT2D eigenvalue weighted by Gasteiger charge is 2.31. The van der Waals surface area contributed by atoms with E-state index in [1.807, 2.05) is 19.3 Å². The summed E-state index contributed by atoms with van der Waals surface area (Å²) in [5.74, 6) is 1.16. The van der Waals surface area contributed by atoms with E-state index >= 15 is 0 Å². The fourth-order valence-electron chi connectivity index (χ4n) is 4.06. The van der Waals surface area contributed by atoms with E-state index in [1.54, 1.807) is 19.1 Å². The zero-order valence-corrected chi connectivity index (χ0v) is 24.9. The van der Waals surface area contributed by atoms with Crippen LogP contribution in [0.3, 0.4) is 0 Å². The van der Waals surface area contributed by atoms with Crippen LogP contribution in [0.2, 0.25) is 0 Å². The molecule has 3 rings (SSSR count). The molecular weight excluding hydrogens is 513 g/mol. The molecule has 0 aliphatic heterocycles. The number of halogens is 3. The maximum Gasteiger partial charge on any atom is 0.573 e. The molecule has 0 saturated carbocycles. The molecule has 0 fully saturated rings. The van der Waals surface area contributed by atoms with Gasteiger partial charge >= 0.3 is 6.36 Å². The van der Waals surface area contributed by atoms with Gasteiger partial charge in [0.25, 0.3) is 0 Å². The third-order valence-electron chi connectivity index (χ3n) is 6.22. The van der Waals surface area contributed by atoms with Crippen LogP contribution < -0.4 is 10.1 Å². The van der Waals surface area contributed by atoms with Crippen molar-refractivity contribution in [3.8, 4) is 16.9 Å². The Kier molecular flexibility index (Phi) is 15.7. The van der Waals surface area contributed by atoms with Crippen molar-refractivity contribution >= 4 is 12.0 Å². The minimum Gasteiger partial charge on any atom is -0.406 e. The van der Waals surface area contributed by atoms with Crippen molar-refractivity contribution in [3.63, 3.8) is 0 Å². The number of rotatable bonds is 10. The molecular formula is C33H45F3N2O2. The molecule has 4 nitrogen and oxygen atoms in total. The van der Waals surface area contributed by atoms with Crippen LogP contribution in [0.1, 0.15) is 94.3 Å². The summed E-state index contributed by atoms with van der Waals surface area (Å²) in [4.78, 5) is 15.4. The van der Waals surface area contributed by atoms with E-state index in [0.717, 1.165) is 34.6 Å². The lowest BCUT2D eigenvalue weighted by Gasteiger charge is -2.15. The molecule has 7 heteroatoms. The first-order valence-electron chi connectivity index (χ1n) is 14.0. The second-order valence-corrected chi connectivity index (χ2v) is 10.1. The number of aromatic nitrogens is 1. The summed E-state index contributed by atoms with van der Waals surface area (Å²) < 4.78 is 40.0. The van der Waals surface area contributed by atoms with Crippen LogP contribution in [0, 0.1) is 12.8 Å². The Morgan fingerprint density at radius 1 is 0.975 bits per heavy atom. The number of hydrogen-bond donors (Lipinski definition) is 1. The molecule has 0 saturated heterocycles. The smallest absolute Gasteiger partial charge is 0.406 e. The molecule has 1 unspecified atom stereocenters. The number of carbonyl (C=O) groups excluding carboxylic acids is 1. The molecule has 40 heavy (non-hydrogen) atoms. The monoisotopic (exact) mass is 558 g/mol. The summed E-state index contributed by atoms with van der Waals surface area (Å²) in [5.41, 5.74) is 5.19. The molecule has 0 bridgehead atoms. The SMILES string of the molecule is CCC.CCC(CCCC(C)C)c1ccc(NC)cn1.Cc1c(C=O)cccc1-c1ccc(OC(F)(F)F)cc1. The highest BCUT2D eigenvalue weighted by Crippen LogP contribution is 2.29. The predicted octanol–water partition coefficient (Wildman–Crippen LogP) is 10.2. The summed E-state index contributed by atoms with van der Waals surface area (Å²) in [5, 5.41) is 3.11. The number of carbonyl (C=O) groups is 1. The van der Waals surface area contributed by atoms with Gasteiger partial charge in [0.2, 0.25) is 0 Å². The van der Waals surface area contributed by atoms with Gasteiger partial charge in [-0.1, -0.05) is 84.2 Å². The molecule has 3 aromatic rings. The molecule has 0 amide bonds. The van der Waals surface area contributed by atoms with Gasteiger partial charge in [-0.2, -0.15) is 0 Å². The van der Waals surface area contributed by atoms with Crippen LogP contribution in [0.15, 0.2) is 60.8 Å². The Balaban J connectivity index is 0.000000369. The second-order valence-electron chi connectivity index (χ2n) is 10.1. The fraction of sp³-hybridized carbons (Fsp3) is 0.455. The largest absolute Gasteiger partial charge is 0.573 e. The van der Waals surface area contributed by atoms with E-state index in [1.165, 1.54) is 62.1 Å². The minimum absolute atomic E-state index is 0.273. The van der Waals surface area contributed by atoms with Gasteiger partial charge in [-0.3, -0.25) is 9.78 Å². The highest BCUT2D eigenvalue weighted by atomic mass is 19.4. The van der Waals surface area contributed by atoms with Crippen molar-refractivity contribution in [1.82, 2.24) is 4.98 Å². The van der Waals surface area contributed by atoms with Crippen LogP contribution in [0.4, 0.5) is 18.9 Å². The summed E-state index contributed by atoms with van der Waals surface area (Å²) in [6.07, 6.45) is 4.32. The summed E-state index contributed by atoms with van der Waals surface area (Å²) in [6, 6.07) is 15.0. The Bertz CT molecular complexity index is 1110. The molecule has 0 spiro atoms. The van der Waals surface area contributed by atoms with Gasteiger partial charge in [0.1, 0.15) is 12.0 Å². The average molecular weight is 559 g/mol. The third kappa shape index (κ3) is 12.7. The van der Waals surface area contributed by atoms with Crippen molar-refractivity contribution in [2.24, 2.45) is 5.92 Å². The zero-order chi connectivity index (χ0) is 30.1. The number of hydrogen-bond acceptors (Lipinski definition) is 4. The number of aldehydes is 1.